The lowest BCUT2D eigenvalue weighted by atomic mass is 10.1. The lowest BCUT2D eigenvalue weighted by molar-refractivity contribution is 0.670. The zero-order chi connectivity index (χ0) is 13.5. The van der Waals surface area contributed by atoms with Crippen molar-refractivity contribution in [1.29, 1.82) is 0 Å². The first-order valence-electron chi connectivity index (χ1n) is 6.85. The fourth-order valence-electron chi connectivity index (χ4n) is 2.04. The molecular formula is C15H25BrN2. The van der Waals surface area contributed by atoms with Gasteiger partial charge in [0, 0.05) is 29.3 Å². The van der Waals surface area contributed by atoms with Crippen LogP contribution in [0.3, 0.4) is 0 Å². The van der Waals surface area contributed by atoms with Gasteiger partial charge in [0.2, 0.25) is 0 Å². The Morgan fingerprint density at radius 3 is 2.50 bits per heavy atom. The van der Waals surface area contributed by atoms with Gasteiger partial charge in [0.25, 0.3) is 0 Å². The highest BCUT2D eigenvalue weighted by Crippen LogP contribution is 2.25. The third-order valence-electron chi connectivity index (χ3n) is 3.02. The van der Waals surface area contributed by atoms with Crippen molar-refractivity contribution in [3.8, 4) is 0 Å². The molecule has 0 heterocycles. The summed E-state index contributed by atoms with van der Waals surface area (Å²) >= 11 is 3.68. The average molecular weight is 313 g/mol. The van der Waals surface area contributed by atoms with E-state index in [4.69, 9.17) is 0 Å². The molecule has 0 radical (unpaired) electrons. The quantitative estimate of drug-likeness (QED) is 0.812. The summed E-state index contributed by atoms with van der Waals surface area (Å²) in [5, 5.41) is 3.36. The van der Waals surface area contributed by atoms with Gasteiger partial charge in [0.1, 0.15) is 0 Å². The maximum Gasteiger partial charge on any atom is 0.0380 e. The van der Waals surface area contributed by atoms with Crippen LogP contribution in [-0.4, -0.2) is 19.1 Å². The van der Waals surface area contributed by atoms with Crippen LogP contribution in [0.2, 0.25) is 0 Å². The number of rotatable bonds is 7. The molecule has 0 aliphatic heterocycles. The van der Waals surface area contributed by atoms with Crippen molar-refractivity contribution < 1.29 is 0 Å². The molecule has 0 unspecified atom stereocenters. The van der Waals surface area contributed by atoms with Crippen LogP contribution < -0.4 is 10.2 Å². The van der Waals surface area contributed by atoms with Crippen LogP contribution in [0, 0.1) is 0 Å². The van der Waals surface area contributed by atoms with Crippen molar-refractivity contribution >= 4 is 21.6 Å². The van der Waals surface area contributed by atoms with Gasteiger partial charge in [-0.1, -0.05) is 35.8 Å². The van der Waals surface area contributed by atoms with Crippen LogP contribution in [0.1, 0.15) is 39.7 Å². The third kappa shape index (κ3) is 4.29. The molecule has 0 bridgehead atoms. The number of hydrogen-bond donors (Lipinski definition) is 1. The van der Waals surface area contributed by atoms with Crippen LogP contribution >= 0.6 is 15.9 Å². The van der Waals surface area contributed by atoms with Crippen molar-refractivity contribution in [1.82, 2.24) is 5.32 Å². The Balaban J connectivity index is 2.87. The van der Waals surface area contributed by atoms with Gasteiger partial charge in [-0.25, -0.2) is 0 Å². The number of nitrogens with one attached hydrogen (secondary N) is 1. The van der Waals surface area contributed by atoms with Crippen LogP contribution in [0.15, 0.2) is 22.7 Å². The maximum atomic E-state index is 3.68. The van der Waals surface area contributed by atoms with Gasteiger partial charge in [-0.15, -0.1) is 0 Å². The second-order valence-electron chi connectivity index (χ2n) is 4.84. The number of halogens is 1. The Bertz CT molecular complexity index is 364. The van der Waals surface area contributed by atoms with Crippen molar-refractivity contribution in [2.45, 2.75) is 46.7 Å². The van der Waals surface area contributed by atoms with Crippen LogP contribution in [0.4, 0.5) is 5.69 Å². The van der Waals surface area contributed by atoms with E-state index in [-0.39, 0.29) is 0 Å². The van der Waals surface area contributed by atoms with Gasteiger partial charge >= 0.3 is 0 Å². The van der Waals surface area contributed by atoms with Gasteiger partial charge in [0.15, 0.2) is 0 Å². The Morgan fingerprint density at radius 2 is 2.00 bits per heavy atom. The summed E-state index contributed by atoms with van der Waals surface area (Å²) < 4.78 is 1.20. The minimum Gasteiger partial charge on any atom is -0.369 e. The summed E-state index contributed by atoms with van der Waals surface area (Å²) in [5.74, 6) is 0. The van der Waals surface area contributed by atoms with Crippen LogP contribution in [0.5, 0.6) is 0 Å². The molecule has 0 saturated carbocycles. The molecule has 0 saturated heterocycles. The molecule has 0 spiro atoms. The summed E-state index contributed by atoms with van der Waals surface area (Å²) in [5.41, 5.74) is 2.62. The first-order chi connectivity index (χ1) is 8.60. The zero-order valence-corrected chi connectivity index (χ0v) is 13.5. The Kier molecular flexibility index (Phi) is 6.72. The molecule has 0 amide bonds. The molecule has 1 aromatic rings. The molecule has 0 aromatic heterocycles. The highest BCUT2D eigenvalue weighted by atomic mass is 79.9. The summed E-state index contributed by atoms with van der Waals surface area (Å²) in [6.45, 7) is 11.9. The van der Waals surface area contributed by atoms with E-state index >= 15 is 0 Å². The molecule has 0 aliphatic rings. The van der Waals surface area contributed by atoms with Gasteiger partial charge in [-0.05, 0) is 44.5 Å². The topological polar surface area (TPSA) is 15.3 Å². The molecule has 3 heteroatoms. The first kappa shape index (κ1) is 15.5. The summed E-state index contributed by atoms with van der Waals surface area (Å²) in [6, 6.07) is 7.22. The molecule has 2 nitrogen and oxygen atoms in total. The van der Waals surface area contributed by atoms with Gasteiger partial charge in [-0.2, -0.15) is 0 Å². The van der Waals surface area contributed by atoms with Crippen molar-refractivity contribution in [2.24, 2.45) is 0 Å². The monoisotopic (exact) mass is 312 g/mol. The van der Waals surface area contributed by atoms with E-state index in [9.17, 15) is 0 Å². The second kappa shape index (κ2) is 7.80. The Hall–Kier alpha value is -0.540. The maximum absolute atomic E-state index is 3.68. The molecule has 18 heavy (non-hydrogen) atoms. The predicted octanol–water partition coefficient (Wildman–Crippen LogP) is 4.18. The normalized spacial score (nSPS) is 11.0. The van der Waals surface area contributed by atoms with Gasteiger partial charge in [-0.3, -0.25) is 0 Å². The Morgan fingerprint density at radius 1 is 1.28 bits per heavy atom. The fourth-order valence-corrected chi connectivity index (χ4v) is 2.55. The zero-order valence-electron chi connectivity index (χ0n) is 12.0. The smallest absolute Gasteiger partial charge is 0.0380 e. The van der Waals surface area contributed by atoms with E-state index in [1.54, 1.807) is 0 Å². The summed E-state index contributed by atoms with van der Waals surface area (Å²) in [7, 11) is 0. The van der Waals surface area contributed by atoms with E-state index in [0.717, 1.165) is 19.6 Å². The number of anilines is 1. The Labute approximate surface area is 120 Å². The summed E-state index contributed by atoms with van der Waals surface area (Å²) in [6.07, 6.45) is 1.18. The van der Waals surface area contributed by atoms with Crippen LogP contribution in [-0.2, 0) is 6.54 Å². The highest BCUT2D eigenvalue weighted by molar-refractivity contribution is 9.10. The summed E-state index contributed by atoms with van der Waals surface area (Å²) in [4.78, 5) is 2.45. The standard InChI is InChI=1S/C15H25BrN2/c1-5-9-18(12(3)4)14-8-7-13(11-17-6-2)15(16)10-14/h7-8,10,12,17H,5-6,9,11H2,1-4H3. The minimum atomic E-state index is 0.538. The SMILES string of the molecule is CCCN(c1ccc(CNCC)c(Br)c1)C(C)C. The number of benzene rings is 1. The minimum absolute atomic E-state index is 0.538. The van der Waals surface area contributed by atoms with E-state index in [1.807, 2.05) is 0 Å². The van der Waals surface area contributed by atoms with Crippen molar-refractivity contribution in [2.75, 3.05) is 18.0 Å². The molecule has 0 atom stereocenters. The molecule has 1 N–H and O–H groups in total. The molecule has 102 valence electrons. The molecule has 0 fully saturated rings. The van der Waals surface area contributed by atoms with Gasteiger partial charge < -0.3 is 10.2 Å². The molecule has 0 aliphatic carbocycles. The average Bonchev–Trinajstić information content (AvgIpc) is 2.34. The lowest BCUT2D eigenvalue weighted by Gasteiger charge is -2.29. The predicted molar refractivity (Wildman–Crippen MR) is 84.3 cm³/mol. The van der Waals surface area contributed by atoms with Crippen molar-refractivity contribution in [3.05, 3.63) is 28.2 Å². The van der Waals surface area contributed by atoms with Gasteiger partial charge in [0.05, 0.1) is 0 Å². The largest absolute Gasteiger partial charge is 0.369 e. The second-order valence-corrected chi connectivity index (χ2v) is 5.70. The molecule has 1 rings (SSSR count). The number of hydrogen-bond acceptors (Lipinski definition) is 2. The molecule has 1 aromatic carbocycles. The fraction of sp³-hybridized carbons (Fsp3) is 0.600. The van der Waals surface area contributed by atoms with E-state index < -0.39 is 0 Å². The highest BCUT2D eigenvalue weighted by Gasteiger charge is 2.11. The third-order valence-corrected chi connectivity index (χ3v) is 3.76. The first-order valence-corrected chi connectivity index (χ1v) is 7.65. The van der Waals surface area contributed by atoms with E-state index in [0.29, 0.717) is 6.04 Å². The molecular weight excluding hydrogens is 288 g/mol. The van der Waals surface area contributed by atoms with Crippen LogP contribution in [0.25, 0.3) is 0 Å². The van der Waals surface area contributed by atoms with Crippen molar-refractivity contribution in [3.63, 3.8) is 0 Å². The number of nitrogens with zero attached hydrogens (tertiary/aromatic N) is 1. The van der Waals surface area contributed by atoms with E-state index in [1.165, 1.54) is 22.1 Å². The van der Waals surface area contributed by atoms with E-state index in [2.05, 4.69) is 72.0 Å². The lowest BCUT2D eigenvalue weighted by Crippen LogP contribution is -2.31.